The molecule has 1 atom stereocenters. The van der Waals surface area contributed by atoms with Gasteiger partial charge in [0.25, 0.3) is 5.88 Å². The average molecular weight is 441 g/mol. The van der Waals surface area contributed by atoms with Crippen molar-refractivity contribution in [3.8, 4) is 5.88 Å². The minimum absolute atomic E-state index is 0.288. The van der Waals surface area contributed by atoms with Crippen LogP contribution in [-0.2, 0) is 9.47 Å². The van der Waals surface area contributed by atoms with Crippen molar-refractivity contribution in [2.24, 2.45) is 0 Å². The zero-order valence-electron chi connectivity index (χ0n) is 18.9. The highest BCUT2D eigenvalue weighted by Crippen LogP contribution is 2.30. The Hall–Kier alpha value is -1.67. The van der Waals surface area contributed by atoms with E-state index in [4.69, 9.17) is 14.2 Å². The van der Waals surface area contributed by atoms with Crippen LogP contribution in [0.3, 0.4) is 0 Å². The van der Waals surface area contributed by atoms with Gasteiger partial charge in [-0.15, -0.1) is 4.37 Å². The van der Waals surface area contributed by atoms with E-state index in [2.05, 4.69) is 35.7 Å². The molecule has 0 spiro atoms. The van der Waals surface area contributed by atoms with Crippen LogP contribution in [0, 0.1) is 0 Å². The zero-order chi connectivity index (χ0) is 21.7. The lowest BCUT2D eigenvalue weighted by atomic mass is 10.1. The quantitative estimate of drug-likeness (QED) is 0.218. The number of hydrogen-bond acceptors (Lipinski definition) is 7. The fourth-order valence-electron chi connectivity index (χ4n) is 3.49. The summed E-state index contributed by atoms with van der Waals surface area (Å²) in [6.45, 7) is 7.37. The second-order valence-electron chi connectivity index (χ2n) is 8.28. The molecular weight excluding hydrogens is 402 g/mol. The van der Waals surface area contributed by atoms with Crippen molar-refractivity contribution in [1.29, 1.82) is 0 Å². The molecular formula is C22H38N3O4S+. The number of hydrogen-bond donors (Lipinski definition) is 0. The van der Waals surface area contributed by atoms with Crippen LogP contribution >= 0.6 is 11.7 Å². The number of nitrogens with zero attached hydrogens (tertiary/aromatic N) is 3. The maximum atomic E-state index is 11.9. The summed E-state index contributed by atoms with van der Waals surface area (Å²) in [4.78, 5) is 11.9. The molecule has 1 aliphatic heterocycles. The highest BCUT2D eigenvalue weighted by atomic mass is 32.1. The van der Waals surface area contributed by atoms with Gasteiger partial charge in [0.2, 0.25) is 6.73 Å². The van der Waals surface area contributed by atoms with Crippen LogP contribution in [0.4, 0.5) is 4.79 Å². The first-order chi connectivity index (χ1) is 14.6. The van der Waals surface area contributed by atoms with Crippen molar-refractivity contribution in [3.05, 3.63) is 11.8 Å². The fourth-order valence-corrected chi connectivity index (χ4v) is 4.02. The third kappa shape index (κ3) is 8.60. The molecule has 1 aliphatic rings. The molecule has 0 amide bonds. The highest BCUT2D eigenvalue weighted by molar-refractivity contribution is 6.99. The SMILES string of the molecule is CCCCCCOC(=O)OC[N+]1(C)CCC=C(c2nsnc2OCCCCCC)C1. The zero-order valence-corrected chi connectivity index (χ0v) is 19.7. The first-order valence-corrected chi connectivity index (χ1v) is 12.1. The molecule has 0 bridgehead atoms. The molecule has 0 N–H and O–H groups in total. The van der Waals surface area contributed by atoms with E-state index in [0.717, 1.165) is 56.5 Å². The predicted molar refractivity (Wildman–Crippen MR) is 120 cm³/mol. The summed E-state index contributed by atoms with van der Waals surface area (Å²) in [5.74, 6) is 0.628. The Balaban J connectivity index is 1.79. The molecule has 1 aromatic heterocycles. The van der Waals surface area contributed by atoms with Gasteiger partial charge in [-0.25, -0.2) is 4.79 Å². The normalized spacial score (nSPS) is 18.7. The van der Waals surface area contributed by atoms with Crippen molar-refractivity contribution in [2.45, 2.75) is 71.6 Å². The summed E-state index contributed by atoms with van der Waals surface area (Å²) >= 11 is 1.18. The second-order valence-corrected chi connectivity index (χ2v) is 8.81. The van der Waals surface area contributed by atoms with Gasteiger partial charge in [0, 0.05) is 12.0 Å². The topological polar surface area (TPSA) is 70.5 Å². The van der Waals surface area contributed by atoms with Crippen LogP contribution in [-0.4, -0.2) is 59.5 Å². The number of unbranched alkanes of at least 4 members (excludes halogenated alkanes) is 6. The van der Waals surface area contributed by atoms with Gasteiger partial charge in [0.05, 0.1) is 38.5 Å². The lowest BCUT2D eigenvalue weighted by molar-refractivity contribution is -0.919. The third-order valence-corrected chi connectivity index (χ3v) is 5.83. The Morgan fingerprint density at radius 1 is 1.03 bits per heavy atom. The Morgan fingerprint density at radius 2 is 1.77 bits per heavy atom. The van der Waals surface area contributed by atoms with E-state index in [1.807, 2.05) is 0 Å². The Bertz CT molecular complexity index is 665. The molecule has 0 saturated carbocycles. The standard InChI is InChI=1S/C22H38N3O4S/c1-4-6-8-10-15-27-21-20(23-30-24-21)19-13-12-14-25(3,17-19)18-29-22(26)28-16-11-9-7-5-2/h13H,4-12,14-18H2,1-3H3/q+1. The van der Waals surface area contributed by atoms with Crippen molar-refractivity contribution < 1.29 is 23.5 Å². The lowest BCUT2D eigenvalue weighted by Gasteiger charge is -2.36. The number of quaternary nitrogens is 1. The van der Waals surface area contributed by atoms with Gasteiger partial charge in [0.1, 0.15) is 12.2 Å². The van der Waals surface area contributed by atoms with E-state index >= 15 is 0 Å². The molecule has 0 radical (unpaired) electrons. The number of carbonyl (C=O) groups excluding carboxylic acids is 1. The van der Waals surface area contributed by atoms with Gasteiger partial charge in [0.15, 0.2) is 0 Å². The summed E-state index contributed by atoms with van der Waals surface area (Å²) < 4.78 is 25.9. The first-order valence-electron chi connectivity index (χ1n) is 11.4. The molecule has 8 heteroatoms. The van der Waals surface area contributed by atoms with E-state index in [1.54, 1.807) is 0 Å². The van der Waals surface area contributed by atoms with E-state index in [-0.39, 0.29) is 6.73 Å². The van der Waals surface area contributed by atoms with E-state index in [9.17, 15) is 4.79 Å². The van der Waals surface area contributed by atoms with Crippen LogP contribution in [0.5, 0.6) is 5.88 Å². The van der Waals surface area contributed by atoms with Gasteiger partial charge < -0.3 is 14.2 Å². The monoisotopic (exact) mass is 440 g/mol. The van der Waals surface area contributed by atoms with Crippen molar-refractivity contribution in [1.82, 2.24) is 8.75 Å². The number of ether oxygens (including phenoxy) is 3. The second kappa shape index (κ2) is 13.6. The largest absolute Gasteiger partial charge is 0.512 e. The summed E-state index contributed by atoms with van der Waals surface area (Å²) in [6, 6.07) is 0. The molecule has 0 fully saturated rings. The van der Waals surface area contributed by atoms with Gasteiger partial charge in [-0.2, -0.15) is 4.37 Å². The molecule has 0 aliphatic carbocycles. The molecule has 0 saturated heterocycles. The van der Waals surface area contributed by atoms with Gasteiger partial charge in [-0.3, -0.25) is 4.48 Å². The van der Waals surface area contributed by atoms with Crippen molar-refractivity contribution in [3.63, 3.8) is 0 Å². The molecule has 2 heterocycles. The van der Waals surface area contributed by atoms with Gasteiger partial charge in [-0.05, 0) is 12.8 Å². The van der Waals surface area contributed by atoms with Crippen LogP contribution in [0.1, 0.15) is 77.3 Å². The smallest absolute Gasteiger partial charge is 0.475 e. The van der Waals surface area contributed by atoms with Gasteiger partial charge >= 0.3 is 6.16 Å². The summed E-state index contributed by atoms with van der Waals surface area (Å²) in [6.07, 6.45) is 11.5. The van der Waals surface area contributed by atoms with Crippen molar-refractivity contribution in [2.75, 3.05) is 40.1 Å². The van der Waals surface area contributed by atoms with Crippen LogP contribution in [0.15, 0.2) is 6.08 Å². The minimum atomic E-state index is -0.576. The lowest BCUT2D eigenvalue weighted by Crippen LogP contribution is -2.49. The Labute approximate surface area is 185 Å². The fraction of sp³-hybridized carbons (Fsp3) is 0.773. The predicted octanol–water partition coefficient (Wildman–Crippen LogP) is 5.42. The molecule has 7 nitrogen and oxygen atoms in total. The van der Waals surface area contributed by atoms with Crippen LogP contribution in [0.25, 0.3) is 5.57 Å². The van der Waals surface area contributed by atoms with Crippen LogP contribution < -0.4 is 4.74 Å². The first kappa shape index (κ1) is 24.6. The number of rotatable bonds is 14. The molecule has 2 rings (SSSR count). The molecule has 1 aromatic rings. The summed E-state index contributed by atoms with van der Waals surface area (Å²) in [7, 11) is 2.09. The number of carbonyl (C=O) groups is 1. The van der Waals surface area contributed by atoms with E-state index in [1.165, 1.54) is 37.4 Å². The minimum Gasteiger partial charge on any atom is -0.475 e. The summed E-state index contributed by atoms with van der Waals surface area (Å²) in [5, 5.41) is 0. The molecule has 30 heavy (non-hydrogen) atoms. The molecule has 0 aromatic carbocycles. The average Bonchev–Trinajstić information content (AvgIpc) is 3.21. The molecule has 170 valence electrons. The highest BCUT2D eigenvalue weighted by Gasteiger charge is 2.31. The maximum absolute atomic E-state index is 11.9. The molecule has 1 unspecified atom stereocenters. The van der Waals surface area contributed by atoms with Crippen molar-refractivity contribution >= 4 is 23.5 Å². The van der Waals surface area contributed by atoms with E-state index in [0.29, 0.717) is 23.6 Å². The third-order valence-electron chi connectivity index (χ3n) is 5.32. The summed E-state index contributed by atoms with van der Waals surface area (Å²) in [5.41, 5.74) is 1.94. The Kier molecular flexibility index (Phi) is 11.1. The van der Waals surface area contributed by atoms with Crippen LogP contribution in [0.2, 0.25) is 0 Å². The number of aromatic nitrogens is 2. The maximum Gasteiger partial charge on any atom is 0.512 e. The van der Waals surface area contributed by atoms with E-state index < -0.39 is 6.16 Å². The Morgan fingerprint density at radius 3 is 2.50 bits per heavy atom. The van der Waals surface area contributed by atoms with Gasteiger partial charge in [-0.1, -0.05) is 58.4 Å². The number of likely N-dealkylation sites (N-methyl/N-ethyl adjacent to an activating group) is 1.